The first kappa shape index (κ1) is 10.1. The fraction of sp³-hybridized carbons (Fsp3) is 0.417. The van der Waals surface area contributed by atoms with Crippen molar-refractivity contribution in [2.75, 3.05) is 7.11 Å². The van der Waals surface area contributed by atoms with Crippen LogP contribution in [0.4, 0.5) is 0 Å². The van der Waals surface area contributed by atoms with Gasteiger partial charge >= 0.3 is 0 Å². The second kappa shape index (κ2) is 3.43. The van der Waals surface area contributed by atoms with Crippen LogP contribution in [0.25, 0.3) is 10.2 Å². The predicted octanol–water partition coefficient (Wildman–Crippen LogP) is 2.64. The van der Waals surface area contributed by atoms with Gasteiger partial charge in [-0.15, -0.1) is 11.3 Å². The molecule has 0 radical (unpaired) electrons. The van der Waals surface area contributed by atoms with Crippen LogP contribution < -0.4 is 10.5 Å². The fourth-order valence-electron chi connectivity index (χ4n) is 2.02. The molecule has 0 spiro atoms. The fourth-order valence-corrected chi connectivity index (χ4v) is 3.17. The molecule has 0 unspecified atom stereocenters. The zero-order valence-electron chi connectivity index (χ0n) is 9.19. The molecule has 0 saturated heterocycles. The van der Waals surface area contributed by atoms with Crippen LogP contribution in [-0.2, 0) is 5.54 Å². The van der Waals surface area contributed by atoms with Crippen LogP contribution in [0.2, 0.25) is 0 Å². The highest BCUT2D eigenvalue weighted by Crippen LogP contribution is 2.42. The Bertz CT molecular complexity index is 531. The molecule has 0 atom stereocenters. The van der Waals surface area contributed by atoms with E-state index < -0.39 is 0 Å². The molecule has 2 aromatic rings. The number of rotatable bonds is 2. The van der Waals surface area contributed by atoms with Crippen molar-refractivity contribution in [3.63, 3.8) is 0 Å². The Balaban J connectivity index is 2.08. The highest BCUT2D eigenvalue weighted by molar-refractivity contribution is 7.18. The molecule has 3 nitrogen and oxygen atoms in total. The molecule has 2 N–H and O–H groups in total. The largest absolute Gasteiger partial charge is 0.497 e. The standard InChI is InChI=1S/C12H14N2OS/c1-15-8-3-4-9-10(7-8)16-11(14-9)12(13)5-2-6-12/h3-4,7H,2,5-6,13H2,1H3. The lowest BCUT2D eigenvalue weighted by molar-refractivity contribution is 0.253. The van der Waals surface area contributed by atoms with Gasteiger partial charge in [0.15, 0.2) is 0 Å². The number of ether oxygens (including phenoxy) is 1. The first-order valence-electron chi connectivity index (χ1n) is 5.45. The molecule has 1 aliphatic rings. The van der Waals surface area contributed by atoms with E-state index in [9.17, 15) is 0 Å². The van der Waals surface area contributed by atoms with Gasteiger partial charge in [-0.1, -0.05) is 0 Å². The van der Waals surface area contributed by atoms with Gasteiger partial charge in [-0.05, 0) is 37.5 Å². The number of hydrogen-bond acceptors (Lipinski definition) is 4. The third-order valence-corrected chi connectivity index (χ3v) is 4.51. The number of thiazole rings is 1. The van der Waals surface area contributed by atoms with Crippen molar-refractivity contribution in [1.29, 1.82) is 0 Å². The molecule has 1 heterocycles. The van der Waals surface area contributed by atoms with E-state index in [1.165, 1.54) is 6.42 Å². The maximum absolute atomic E-state index is 6.28. The van der Waals surface area contributed by atoms with Crippen LogP contribution in [0.15, 0.2) is 18.2 Å². The van der Waals surface area contributed by atoms with Crippen LogP contribution in [0.3, 0.4) is 0 Å². The first-order valence-corrected chi connectivity index (χ1v) is 6.27. The van der Waals surface area contributed by atoms with Crippen LogP contribution in [0.5, 0.6) is 5.75 Å². The SMILES string of the molecule is COc1ccc2nc(C3(N)CCC3)sc2c1. The van der Waals surface area contributed by atoms with Crippen molar-refractivity contribution < 1.29 is 4.74 Å². The Labute approximate surface area is 98.2 Å². The maximum Gasteiger partial charge on any atom is 0.120 e. The van der Waals surface area contributed by atoms with Crippen LogP contribution in [0, 0.1) is 0 Å². The molecule has 84 valence electrons. The lowest BCUT2D eigenvalue weighted by atomic mass is 9.78. The Kier molecular flexibility index (Phi) is 2.16. The minimum absolute atomic E-state index is 0.156. The smallest absolute Gasteiger partial charge is 0.120 e. The number of fused-ring (bicyclic) bond motifs is 1. The molecule has 0 amide bonds. The second-order valence-corrected chi connectivity index (χ2v) is 5.39. The van der Waals surface area contributed by atoms with Crippen LogP contribution in [-0.4, -0.2) is 12.1 Å². The van der Waals surface area contributed by atoms with Gasteiger partial charge in [-0.25, -0.2) is 4.98 Å². The van der Waals surface area contributed by atoms with Crippen molar-refractivity contribution in [3.8, 4) is 5.75 Å². The van der Waals surface area contributed by atoms with E-state index >= 15 is 0 Å². The van der Waals surface area contributed by atoms with Crippen molar-refractivity contribution in [3.05, 3.63) is 23.2 Å². The topological polar surface area (TPSA) is 48.1 Å². The van der Waals surface area contributed by atoms with Crippen molar-refractivity contribution in [1.82, 2.24) is 4.98 Å². The second-order valence-electron chi connectivity index (χ2n) is 4.36. The molecule has 16 heavy (non-hydrogen) atoms. The van der Waals surface area contributed by atoms with Gasteiger partial charge < -0.3 is 10.5 Å². The monoisotopic (exact) mass is 234 g/mol. The number of aromatic nitrogens is 1. The minimum atomic E-state index is -0.156. The highest BCUT2D eigenvalue weighted by Gasteiger charge is 2.37. The minimum Gasteiger partial charge on any atom is -0.497 e. The quantitative estimate of drug-likeness (QED) is 0.869. The van der Waals surface area contributed by atoms with E-state index in [1.54, 1.807) is 18.4 Å². The van der Waals surface area contributed by atoms with Gasteiger partial charge in [0.05, 0.1) is 22.9 Å². The molecule has 0 bridgehead atoms. The normalized spacial score (nSPS) is 18.4. The van der Waals surface area contributed by atoms with Gasteiger partial charge in [-0.3, -0.25) is 0 Å². The average Bonchev–Trinajstić information content (AvgIpc) is 2.68. The Morgan fingerprint density at radius 3 is 2.88 bits per heavy atom. The van der Waals surface area contributed by atoms with Gasteiger partial charge in [0.1, 0.15) is 10.8 Å². The molecule has 3 rings (SSSR count). The van der Waals surface area contributed by atoms with Crippen molar-refractivity contribution >= 4 is 21.6 Å². The zero-order valence-corrected chi connectivity index (χ0v) is 10.0. The molecule has 4 heteroatoms. The molecular weight excluding hydrogens is 220 g/mol. The van der Waals surface area contributed by atoms with Crippen molar-refractivity contribution in [2.24, 2.45) is 5.73 Å². The third kappa shape index (κ3) is 1.41. The van der Waals surface area contributed by atoms with E-state index in [1.807, 2.05) is 18.2 Å². The first-order chi connectivity index (χ1) is 7.71. The number of hydrogen-bond donors (Lipinski definition) is 1. The molecule has 0 aliphatic heterocycles. The van der Waals surface area contributed by atoms with E-state index in [2.05, 4.69) is 4.98 Å². The summed E-state index contributed by atoms with van der Waals surface area (Å²) in [6.45, 7) is 0. The predicted molar refractivity (Wildman–Crippen MR) is 65.9 cm³/mol. The van der Waals surface area contributed by atoms with E-state index in [0.717, 1.165) is 33.8 Å². The van der Waals surface area contributed by atoms with E-state index in [-0.39, 0.29) is 5.54 Å². The van der Waals surface area contributed by atoms with Crippen LogP contribution >= 0.6 is 11.3 Å². The molecular formula is C12H14N2OS. The number of methoxy groups -OCH3 is 1. The summed E-state index contributed by atoms with van der Waals surface area (Å²) >= 11 is 1.69. The summed E-state index contributed by atoms with van der Waals surface area (Å²) in [7, 11) is 1.68. The Hall–Kier alpha value is -1.13. The lowest BCUT2D eigenvalue weighted by Gasteiger charge is -2.35. The summed E-state index contributed by atoms with van der Waals surface area (Å²) in [4.78, 5) is 4.62. The average molecular weight is 234 g/mol. The molecule has 1 aliphatic carbocycles. The van der Waals surface area contributed by atoms with E-state index in [0.29, 0.717) is 0 Å². The summed E-state index contributed by atoms with van der Waals surface area (Å²) in [5.41, 5.74) is 7.14. The van der Waals surface area contributed by atoms with Crippen LogP contribution in [0.1, 0.15) is 24.3 Å². The summed E-state index contributed by atoms with van der Waals surface area (Å²) in [5, 5.41) is 1.07. The Morgan fingerprint density at radius 1 is 1.44 bits per heavy atom. The summed E-state index contributed by atoms with van der Waals surface area (Å²) in [5.74, 6) is 0.877. The van der Waals surface area contributed by atoms with Gasteiger partial charge in [0, 0.05) is 0 Å². The zero-order chi connectivity index (χ0) is 11.2. The molecule has 1 saturated carbocycles. The Morgan fingerprint density at radius 2 is 2.25 bits per heavy atom. The number of nitrogens with zero attached hydrogens (tertiary/aromatic N) is 1. The third-order valence-electron chi connectivity index (χ3n) is 3.27. The molecule has 1 aromatic carbocycles. The summed E-state index contributed by atoms with van der Waals surface area (Å²) in [6.07, 6.45) is 3.34. The number of nitrogens with two attached hydrogens (primary N) is 1. The van der Waals surface area contributed by atoms with E-state index in [4.69, 9.17) is 10.5 Å². The maximum atomic E-state index is 6.28. The highest BCUT2D eigenvalue weighted by atomic mass is 32.1. The van der Waals surface area contributed by atoms with Gasteiger partial charge in [0.25, 0.3) is 0 Å². The lowest BCUT2D eigenvalue weighted by Crippen LogP contribution is -2.43. The van der Waals surface area contributed by atoms with Gasteiger partial charge in [0.2, 0.25) is 0 Å². The van der Waals surface area contributed by atoms with Gasteiger partial charge in [-0.2, -0.15) is 0 Å². The number of benzene rings is 1. The van der Waals surface area contributed by atoms with Crippen molar-refractivity contribution in [2.45, 2.75) is 24.8 Å². The molecule has 1 fully saturated rings. The summed E-state index contributed by atoms with van der Waals surface area (Å²) in [6, 6.07) is 5.96. The molecule has 1 aromatic heterocycles. The summed E-state index contributed by atoms with van der Waals surface area (Å²) < 4.78 is 6.36.